The fourth-order valence-corrected chi connectivity index (χ4v) is 5.41. The van der Waals surface area contributed by atoms with Crippen molar-refractivity contribution in [2.45, 2.75) is 39.5 Å². The predicted octanol–water partition coefficient (Wildman–Crippen LogP) is 6.15. The number of hydrogen-bond donors (Lipinski definition) is 0. The first-order valence-electron chi connectivity index (χ1n) is 11.4. The van der Waals surface area contributed by atoms with Crippen molar-refractivity contribution in [3.63, 3.8) is 0 Å². The first-order chi connectivity index (χ1) is 15.5. The maximum absolute atomic E-state index is 13.6. The van der Waals surface area contributed by atoms with Crippen molar-refractivity contribution in [1.29, 1.82) is 0 Å². The van der Waals surface area contributed by atoms with Crippen LogP contribution < -0.4 is 4.74 Å². The number of carbonyl (C=O) groups is 1. The van der Waals surface area contributed by atoms with Crippen LogP contribution in [0.3, 0.4) is 0 Å². The number of imidazole rings is 1. The van der Waals surface area contributed by atoms with Gasteiger partial charge in [-0.25, -0.2) is 4.98 Å². The first kappa shape index (κ1) is 23.5. The lowest BCUT2D eigenvalue weighted by molar-refractivity contribution is 0.103. The Balaban J connectivity index is 1.55. The molecule has 1 fully saturated rings. The Bertz CT molecular complexity index is 1080. The molecule has 0 bridgehead atoms. The van der Waals surface area contributed by atoms with E-state index in [0.717, 1.165) is 58.5 Å². The van der Waals surface area contributed by atoms with Crippen LogP contribution in [-0.2, 0) is 6.42 Å². The number of ketones is 1. The molecule has 32 heavy (non-hydrogen) atoms. The van der Waals surface area contributed by atoms with E-state index in [9.17, 15) is 4.79 Å². The highest BCUT2D eigenvalue weighted by atomic mass is 79.9. The molecule has 0 radical (unpaired) electrons. The van der Waals surface area contributed by atoms with Gasteiger partial charge in [-0.3, -0.25) is 9.20 Å². The number of ether oxygens (including phenoxy) is 1. The molecule has 7 heteroatoms. The lowest BCUT2D eigenvalue weighted by Gasteiger charge is -2.18. The summed E-state index contributed by atoms with van der Waals surface area (Å²) in [6.45, 7) is 8.08. The summed E-state index contributed by atoms with van der Waals surface area (Å²) in [6.07, 6.45) is 6.17. The molecule has 0 N–H and O–H groups in total. The molecular weight excluding hydrogens is 534 g/mol. The van der Waals surface area contributed by atoms with Crippen molar-refractivity contribution in [2.24, 2.45) is 5.92 Å². The van der Waals surface area contributed by atoms with E-state index in [2.05, 4.69) is 50.6 Å². The molecule has 0 amide bonds. The van der Waals surface area contributed by atoms with Crippen LogP contribution in [0.1, 0.15) is 54.9 Å². The number of rotatable bonds is 11. The second-order valence-electron chi connectivity index (χ2n) is 8.31. The Morgan fingerprint density at radius 2 is 1.91 bits per heavy atom. The van der Waals surface area contributed by atoms with Crippen LogP contribution in [-0.4, -0.2) is 46.3 Å². The van der Waals surface area contributed by atoms with Gasteiger partial charge in [0.1, 0.15) is 17.1 Å². The summed E-state index contributed by atoms with van der Waals surface area (Å²) < 4.78 is 9.50. The summed E-state index contributed by atoms with van der Waals surface area (Å²) in [6, 6.07) is 9.56. The van der Waals surface area contributed by atoms with Crippen LogP contribution in [0.5, 0.6) is 5.75 Å². The normalized spacial score (nSPS) is 13.8. The van der Waals surface area contributed by atoms with Gasteiger partial charge in [0.25, 0.3) is 0 Å². The molecule has 1 aliphatic rings. The standard InChI is InChI=1S/C25H29Br2N3O2/c1-3-29(4-2)11-7-13-32-25-19(26)15-18(16-20(25)27)24(31)23-21(14-17-9-10-17)28-22-8-5-6-12-30(22)23/h5-6,8,12,15-17H,3-4,7,9-11,13-14H2,1-2H3. The summed E-state index contributed by atoms with van der Waals surface area (Å²) in [4.78, 5) is 20.8. The van der Waals surface area contributed by atoms with Crippen LogP contribution in [0.25, 0.3) is 5.65 Å². The lowest BCUT2D eigenvalue weighted by atomic mass is 10.0. The number of hydrogen-bond acceptors (Lipinski definition) is 4. The molecule has 1 aromatic carbocycles. The molecular formula is C25H29Br2N3O2. The third kappa shape index (κ3) is 5.26. The summed E-state index contributed by atoms with van der Waals surface area (Å²) in [5.41, 5.74) is 2.99. The molecule has 4 rings (SSSR count). The van der Waals surface area contributed by atoms with Gasteiger partial charge in [0.05, 0.1) is 21.2 Å². The highest BCUT2D eigenvalue weighted by molar-refractivity contribution is 9.11. The number of carbonyl (C=O) groups excluding carboxylic acids is 1. The molecule has 1 aliphatic carbocycles. The third-order valence-electron chi connectivity index (χ3n) is 6.02. The van der Waals surface area contributed by atoms with E-state index in [4.69, 9.17) is 9.72 Å². The zero-order valence-electron chi connectivity index (χ0n) is 18.6. The van der Waals surface area contributed by atoms with Gasteiger partial charge in [0.2, 0.25) is 5.78 Å². The van der Waals surface area contributed by atoms with E-state index in [1.165, 1.54) is 12.8 Å². The van der Waals surface area contributed by atoms with Gasteiger partial charge in [-0.15, -0.1) is 0 Å². The van der Waals surface area contributed by atoms with Crippen molar-refractivity contribution in [2.75, 3.05) is 26.2 Å². The topological polar surface area (TPSA) is 46.8 Å². The molecule has 170 valence electrons. The van der Waals surface area contributed by atoms with Gasteiger partial charge in [-0.2, -0.15) is 0 Å². The first-order valence-corrected chi connectivity index (χ1v) is 12.9. The largest absolute Gasteiger partial charge is 0.491 e. The van der Waals surface area contributed by atoms with Crippen LogP contribution in [0.4, 0.5) is 0 Å². The molecule has 2 aromatic heterocycles. The third-order valence-corrected chi connectivity index (χ3v) is 7.19. The van der Waals surface area contributed by atoms with E-state index in [1.54, 1.807) is 0 Å². The van der Waals surface area contributed by atoms with Gasteiger partial charge in [-0.1, -0.05) is 19.9 Å². The van der Waals surface area contributed by atoms with Crippen LogP contribution in [0.15, 0.2) is 45.5 Å². The number of halogens is 2. The SMILES string of the molecule is CCN(CC)CCCOc1c(Br)cc(C(=O)c2c(CC3CC3)nc3ccccn23)cc1Br. The number of fused-ring (bicyclic) bond motifs is 1. The molecule has 1 saturated carbocycles. The number of pyridine rings is 1. The number of benzene rings is 1. The average molecular weight is 563 g/mol. The average Bonchev–Trinajstić information content (AvgIpc) is 3.52. The van der Waals surface area contributed by atoms with E-state index in [0.29, 0.717) is 23.8 Å². The van der Waals surface area contributed by atoms with Crippen LogP contribution in [0.2, 0.25) is 0 Å². The smallest absolute Gasteiger partial charge is 0.211 e. The second kappa shape index (κ2) is 10.5. The zero-order chi connectivity index (χ0) is 22.7. The molecule has 2 heterocycles. The van der Waals surface area contributed by atoms with Crippen molar-refractivity contribution in [3.8, 4) is 5.75 Å². The van der Waals surface area contributed by atoms with Gasteiger partial charge in [-0.05, 0) is 101 Å². The molecule has 5 nitrogen and oxygen atoms in total. The maximum Gasteiger partial charge on any atom is 0.211 e. The summed E-state index contributed by atoms with van der Waals surface area (Å²) in [5, 5.41) is 0. The molecule has 0 saturated heterocycles. The quantitative estimate of drug-likeness (QED) is 0.207. The van der Waals surface area contributed by atoms with Crippen molar-refractivity contribution >= 4 is 43.3 Å². The Kier molecular flexibility index (Phi) is 7.69. The van der Waals surface area contributed by atoms with Crippen molar-refractivity contribution in [3.05, 3.63) is 62.4 Å². The summed E-state index contributed by atoms with van der Waals surface area (Å²) in [5.74, 6) is 1.36. The van der Waals surface area contributed by atoms with E-state index >= 15 is 0 Å². The minimum atomic E-state index is -0.0196. The fraction of sp³-hybridized carbons (Fsp3) is 0.440. The summed E-state index contributed by atoms with van der Waals surface area (Å²) >= 11 is 7.23. The van der Waals surface area contributed by atoms with E-state index < -0.39 is 0 Å². The molecule has 3 aromatic rings. The Labute approximate surface area is 206 Å². The van der Waals surface area contributed by atoms with Gasteiger partial charge in [0.15, 0.2) is 0 Å². The molecule has 0 atom stereocenters. The second-order valence-corrected chi connectivity index (χ2v) is 10.0. The summed E-state index contributed by atoms with van der Waals surface area (Å²) in [7, 11) is 0. The fourth-order valence-electron chi connectivity index (χ4n) is 3.99. The Morgan fingerprint density at radius 1 is 1.19 bits per heavy atom. The Hall–Kier alpha value is -1.70. The maximum atomic E-state index is 13.6. The predicted molar refractivity (Wildman–Crippen MR) is 135 cm³/mol. The van der Waals surface area contributed by atoms with Crippen LogP contribution in [0, 0.1) is 5.92 Å². The van der Waals surface area contributed by atoms with Gasteiger partial charge < -0.3 is 9.64 Å². The van der Waals surface area contributed by atoms with Crippen molar-refractivity contribution in [1.82, 2.24) is 14.3 Å². The van der Waals surface area contributed by atoms with E-state index in [1.807, 2.05) is 40.9 Å². The zero-order valence-corrected chi connectivity index (χ0v) is 21.8. The van der Waals surface area contributed by atoms with E-state index in [-0.39, 0.29) is 5.78 Å². The van der Waals surface area contributed by atoms with Crippen LogP contribution >= 0.6 is 31.9 Å². The van der Waals surface area contributed by atoms with Crippen molar-refractivity contribution < 1.29 is 9.53 Å². The minimum absolute atomic E-state index is 0.0196. The minimum Gasteiger partial charge on any atom is -0.491 e. The molecule has 0 aliphatic heterocycles. The number of nitrogens with zero attached hydrogens (tertiary/aromatic N) is 3. The lowest BCUT2D eigenvalue weighted by Crippen LogP contribution is -2.25. The molecule has 0 unspecified atom stereocenters. The van der Waals surface area contributed by atoms with Gasteiger partial charge >= 0.3 is 0 Å². The van der Waals surface area contributed by atoms with Gasteiger partial charge in [0, 0.05) is 18.3 Å². The Morgan fingerprint density at radius 3 is 2.56 bits per heavy atom. The monoisotopic (exact) mass is 561 g/mol. The highest BCUT2D eigenvalue weighted by Gasteiger charge is 2.28. The highest BCUT2D eigenvalue weighted by Crippen LogP contribution is 2.37. The molecule has 0 spiro atoms. The number of aromatic nitrogens is 2.